The van der Waals surface area contributed by atoms with Gasteiger partial charge in [-0.15, -0.1) is 11.8 Å². The first-order chi connectivity index (χ1) is 12.5. The molecule has 146 valence electrons. The second-order valence-corrected chi connectivity index (χ2v) is 7.95. The zero-order valence-electron chi connectivity index (χ0n) is 13.4. The second-order valence-electron chi connectivity index (χ2n) is 5.12. The number of halogens is 4. The van der Waals surface area contributed by atoms with Crippen LogP contribution in [0.3, 0.4) is 0 Å². The number of benzene rings is 2. The van der Waals surface area contributed by atoms with Gasteiger partial charge in [0, 0.05) is 17.0 Å². The van der Waals surface area contributed by atoms with E-state index >= 15 is 0 Å². The normalized spacial score (nSPS) is 13.4. The minimum absolute atomic E-state index is 0.00518. The predicted molar refractivity (Wildman–Crippen MR) is 93.4 cm³/mol. The molecule has 2 aromatic rings. The number of nitro benzene ring substituents is 1. The van der Waals surface area contributed by atoms with Gasteiger partial charge in [0.1, 0.15) is 4.90 Å². The summed E-state index contributed by atoms with van der Waals surface area (Å²) < 4.78 is 69.2. The molecular weight excluding hydrogens is 431 g/mol. The van der Waals surface area contributed by atoms with Crippen LogP contribution >= 0.6 is 23.4 Å². The van der Waals surface area contributed by atoms with E-state index in [-0.39, 0.29) is 5.02 Å². The highest BCUT2D eigenvalue weighted by Gasteiger charge is 2.45. The van der Waals surface area contributed by atoms with E-state index in [9.17, 15) is 31.7 Å². The molecule has 0 saturated heterocycles. The lowest BCUT2D eigenvalue weighted by Crippen LogP contribution is -2.26. The van der Waals surface area contributed by atoms with Crippen molar-refractivity contribution in [3.8, 4) is 0 Å². The highest BCUT2D eigenvalue weighted by atomic mass is 35.5. The molecule has 1 unspecified atom stereocenters. The molecule has 0 fully saturated rings. The maximum Gasteiger partial charge on any atom is 0.420 e. The molecule has 12 heteroatoms. The number of non-ortho nitro benzene ring substituents is 1. The Balaban J connectivity index is 2.46. The predicted octanol–water partition coefficient (Wildman–Crippen LogP) is 4.98. The third-order valence-electron chi connectivity index (χ3n) is 3.32. The maximum atomic E-state index is 13.4. The van der Waals surface area contributed by atoms with Crippen LogP contribution in [0.2, 0.25) is 5.02 Å². The van der Waals surface area contributed by atoms with Crippen molar-refractivity contribution in [1.82, 2.24) is 0 Å². The number of nitrogens with zero attached hydrogens (tertiary/aromatic N) is 1. The highest BCUT2D eigenvalue weighted by Crippen LogP contribution is 2.40. The number of alkyl halides is 3. The van der Waals surface area contributed by atoms with Crippen molar-refractivity contribution >= 4 is 39.2 Å². The van der Waals surface area contributed by atoms with E-state index in [1.54, 1.807) is 6.26 Å². The SMILES string of the molecule is CSc1ccc(C(OS(=O)(=O)c2cccc([N+](=O)[O-])c2)C(F)(F)F)cc1Cl. The summed E-state index contributed by atoms with van der Waals surface area (Å²) >= 11 is 7.10. The summed E-state index contributed by atoms with van der Waals surface area (Å²) in [4.78, 5) is 9.62. The summed E-state index contributed by atoms with van der Waals surface area (Å²) in [6.07, 6.45) is -6.22. The Morgan fingerprint density at radius 1 is 1.22 bits per heavy atom. The van der Waals surface area contributed by atoms with Crippen molar-refractivity contribution in [2.45, 2.75) is 22.1 Å². The van der Waals surface area contributed by atoms with Crippen molar-refractivity contribution in [2.24, 2.45) is 0 Å². The lowest BCUT2D eigenvalue weighted by molar-refractivity contribution is -0.385. The van der Waals surface area contributed by atoms with Gasteiger partial charge in [-0.05, 0) is 30.0 Å². The number of nitro groups is 1. The van der Waals surface area contributed by atoms with E-state index in [4.69, 9.17) is 11.6 Å². The number of rotatable bonds is 6. The van der Waals surface area contributed by atoms with Gasteiger partial charge in [0.25, 0.3) is 15.8 Å². The Labute approximate surface area is 161 Å². The van der Waals surface area contributed by atoms with Gasteiger partial charge >= 0.3 is 6.18 Å². The van der Waals surface area contributed by atoms with Crippen LogP contribution in [0.4, 0.5) is 18.9 Å². The van der Waals surface area contributed by atoms with E-state index in [0.29, 0.717) is 11.0 Å². The fourth-order valence-corrected chi connectivity index (χ4v) is 4.05. The Morgan fingerprint density at radius 3 is 2.41 bits per heavy atom. The van der Waals surface area contributed by atoms with Crippen LogP contribution in [0.15, 0.2) is 52.3 Å². The average molecular weight is 442 g/mol. The molecule has 0 saturated carbocycles. The fourth-order valence-electron chi connectivity index (χ4n) is 2.08. The molecule has 1 atom stereocenters. The van der Waals surface area contributed by atoms with E-state index in [1.807, 2.05) is 0 Å². The summed E-state index contributed by atoms with van der Waals surface area (Å²) in [6.45, 7) is 0. The highest BCUT2D eigenvalue weighted by molar-refractivity contribution is 7.98. The molecule has 0 bridgehead atoms. The first-order valence-corrected chi connectivity index (χ1v) is 10.0. The van der Waals surface area contributed by atoms with Crippen molar-refractivity contribution in [2.75, 3.05) is 6.26 Å². The maximum absolute atomic E-state index is 13.4. The largest absolute Gasteiger partial charge is 0.420 e. The summed E-state index contributed by atoms with van der Waals surface area (Å²) in [5.74, 6) is 0. The van der Waals surface area contributed by atoms with Gasteiger partial charge in [-0.1, -0.05) is 23.7 Å². The van der Waals surface area contributed by atoms with Crippen LogP contribution in [0.5, 0.6) is 0 Å². The van der Waals surface area contributed by atoms with E-state index in [0.717, 1.165) is 30.3 Å². The molecule has 6 nitrogen and oxygen atoms in total. The smallest absolute Gasteiger partial charge is 0.258 e. The summed E-state index contributed by atoms with van der Waals surface area (Å²) in [5.41, 5.74) is -1.12. The van der Waals surface area contributed by atoms with Crippen molar-refractivity contribution in [3.63, 3.8) is 0 Å². The quantitative estimate of drug-likeness (QED) is 0.272. The van der Waals surface area contributed by atoms with Crippen molar-refractivity contribution < 1.29 is 30.7 Å². The molecule has 0 aromatic heterocycles. The zero-order valence-corrected chi connectivity index (χ0v) is 15.8. The molecule has 0 aliphatic rings. The Morgan fingerprint density at radius 2 is 1.89 bits per heavy atom. The van der Waals surface area contributed by atoms with Gasteiger partial charge in [-0.25, -0.2) is 4.18 Å². The third kappa shape index (κ3) is 5.12. The minimum atomic E-state index is -5.07. The molecule has 0 spiro atoms. The van der Waals surface area contributed by atoms with Gasteiger partial charge in [-0.3, -0.25) is 10.1 Å². The molecule has 0 aliphatic heterocycles. The fraction of sp³-hybridized carbons (Fsp3) is 0.200. The standard InChI is InChI=1S/C15H11ClF3NO5S2/c1-26-13-6-5-9(7-12(13)16)14(15(17,18)19)25-27(23,24)11-4-2-3-10(8-11)20(21)22/h2-8,14H,1H3. The molecule has 0 aliphatic carbocycles. The van der Waals surface area contributed by atoms with Gasteiger partial charge in [0.05, 0.1) is 9.95 Å². The zero-order chi connectivity index (χ0) is 20.4. The lowest BCUT2D eigenvalue weighted by Gasteiger charge is -2.21. The van der Waals surface area contributed by atoms with E-state index in [2.05, 4.69) is 4.18 Å². The topological polar surface area (TPSA) is 86.5 Å². The summed E-state index contributed by atoms with van der Waals surface area (Å²) in [5, 5.41) is 10.8. The number of hydrogen-bond donors (Lipinski definition) is 0. The number of thioether (sulfide) groups is 1. The van der Waals surface area contributed by atoms with Gasteiger partial charge in [0.15, 0.2) is 6.10 Å². The van der Waals surface area contributed by atoms with Crippen LogP contribution in [0.1, 0.15) is 11.7 Å². The van der Waals surface area contributed by atoms with E-state index < -0.39 is 43.5 Å². The lowest BCUT2D eigenvalue weighted by atomic mass is 10.1. The van der Waals surface area contributed by atoms with Crippen LogP contribution < -0.4 is 0 Å². The van der Waals surface area contributed by atoms with Crippen LogP contribution in [0.25, 0.3) is 0 Å². The van der Waals surface area contributed by atoms with Gasteiger partial charge < -0.3 is 0 Å². The van der Waals surface area contributed by atoms with Crippen molar-refractivity contribution in [1.29, 1.82) is 0 Å². The first kappa shape index (κ1) is 21.5. The Hall–Kier alpha value is -1.82. The average Bonchev–Trinajstić information content (AvgIpc) is 2.59. The molecular formula is C15H11ClF3NO5S2. The summed E-state index contributed by atoms with van der Waals surface area (Å²) in [7, 11) is -4.95. The number of hydrogen-bond acceptors (Lipinski definition) is 6. The third-order valence-corrected chi connectivity index (χ3v) is 5.81. The molecule has 2 rings (SSSR count). The van der Waals surface area contributed by atoms with E-state index in [1.165, 1.54) is 17.8 Å². The molecule has 2 aromatic carbocycles. The second kappa shape index (κ2) is 8.05. The Bertz CT molecular complexity index is 966. The van der Waals surface area contributed by atoms with Crippen LogP contribution in [0, 0.1) is 10.1 Å². The molecule has 27 heavy (non-hydrogen) atoms. The first-order valence-electron chi connectivity index (χ1n) is 7.03. The molecule has 0 heterocycles. The monoisotopic (exact) mass is 441 g/mol. The van der Waals surface area contributed by atoms with Gasteiger partial charge in [0.2, 0.25) is 0 Å². The van der Waals surface area contributed by atoms with Crippen LogP contribution in [-0.4, -0.2) is 25.8 Å². The Kier molecular flexibility index (Phi) is 6.40. The van der Waals surface area contributed by atoms with Crippen molar-refractivity contribution in [3.05, 3.63) is 63.2 Å². The van der Waals surface area contributed by atoms with Gasteiger partial charge in [-0.2, -0.15) is 21.6 Å². The summed E-state index contributed by atoms with van der Waals surface area (Å²) in [6, 6.07) is 6.88. The van der Waals surface area contributed by atoms with Crippen LogP contribution in [-0.2, 0) is 14.3 Å². The molecule has 0 N–H and O–H groups in total. The minimum Gasteiger partial charge on any atom is -0.258 e. The molecule has 0 amide bonds. The molecule has 0 radical (unpaired) electrons.